The summed E-state index contributed by atoms with van der Waals surface area (Å²) in [6.07, 6.45) is 6.53. The second-order valence-electron chi connectivity index (χ2n) is 4.34. The Hall–Kier alpha value is -1.34. The van der Waals surface area contributed by atoms with Crippen LogP contribution in [-0.4, -0.2) is 17.0 Å². The summed E-state index contributed by atoms with van der Waals surface area (Å²) in [6, 6.07) is 11.6. The van der Waals surface area contributed by atoms with Crippen LogP contribution in [0.25, 0.3) is 0 Å². The van der Waals surface area contributed by atoms with Crippen LogP contribution in [0.5, 0.6) is 0 Å². The van der Waals surface area contributed by atoms with Crippen molar-refractivity contribution in [1.29, 1.82) is 0 Å². The first-order valence-electron chi connectivity index (χ1n) is 5.90. The largest absolute Gasteiger partial charge is 0.286 e. The van der Waals surface area contributed by atoms with Crippen LogP contribution in [0.15, 0.2) is 55.6 Å². The number of benzene rings is 1. The monoisotopic (exact) mass is 213 g/mol. The Morgan fingerprint density at radius 1 is 1.06 bits per heavy atom. The molecule has 0 spiro atoms. The first kappa shape index (κ1) is 11.2. The van der Waals surface area contributed by atoms with E-state index < -0.39 is 0 Å². The Labute approximate surface area is 98.1 Å². The molecule has 1 aliphatic rings. The molecule has 1 saturated heterocycles. The van der Waals surface area contributed by atoms with Crippen molar-refractivity contribution in [1.82, 2.24) is 4.90 Å². The maximum Gasteiger partial charge on any atom is 0.0285 e. The Morgan fingerprint density at radius 2 is 1.62 bits per heavy atom. The van der Waals surface area contributed by atoms with Gasteiger partial charge in [0.15, 0.2) is 0 Å². The number of rotatable bonds is 4. The topological polar surface area (TPSA) is 3.24 Å². The van der Waals surface area contributed by atoms with Gasteiger partial charge in [0.05, 0.1) is 0 Å². The molecule has 1 heterocycles. The molecule has 1 aromatic carbocycles. The predicted octanol–water partition coefficient (Wildman–Crippen LogP) is 3.39. The van der Waals surface area contributed by atoms with Gasteiger partial charge in [-0.05, 0) is 18.4 Å². The van der Waals surface area contributed by atoms with Gasteiger partial charge in [-0.3, -0.25) is 4.90 Å². The van der Waals surface area contributed by atoms with E-state index in [1.54, 1.807) is 0 Å². The van der Waals surface area contributed by atoms with Gasteiger partial charge in [0, 0.05) is 18.6 Å². The maximum atomic E-state index is 3.93. The SMILES string of the molecule is C=CC1CCC(C=C)N1Cc1ccccc1. The van der Waals surface area contributed by atoms with Crippen molar-refractivity contribution >= 4 is 0 Å². The summed E-state index contributed by atoms with van der Waals surface area (Å²) in [6.45, 7) is 8.85. The van der Waals surface area contributed by atoms with Gasteiger partial charge in [-0.1, -0.05) is 42.5 Å². The van der Waals surface area contributed by atoms with E-state index in [1.165, 1.54) is 18.4 Å². The summed E-state index contributed by atoms with van der Waals surface area (Å²) in [5.41, 5.74) is 1.36. The van der Waals surface area contributed by atoms with Crippen molar-refractivity contribution < 1.29 is 0 Å². The lowest BCUT2D eigenvalue weighted by atomic mass is 10.2. The summed E-state index contributed by atoms with van der Waals surface area (Å²) in [7, 11) is 0. The second-order valence-corrected chi connectivity index (χ2v) is 4.34. The molecule has 84 valence electrons. The molecule has 2 unspecified atom stereocenters. The lowest BCUT2D eigenvalue weighted by Crippen LogP contribution is -2.33. The van der Waals surface area contributed by atoms with Crippen molar-refractivity contribution in [3.8, 4) is 0 Å². The third kappa shape index (κ3) is 2.25. The van der Waals surface area contributed by atoms with Crippen LogP contribution < -0.4 is 0 Å². The molecule has 1 nitrogen and oxygen atoms in total. The molecule has 0 amide bonds. The van der Waals surface area contributed by atoms with E-state index in [9.17, 15) is 0 Å². The van der Waals surface area contributed by atoms with Gasteiger partial charge in [-0.15, -0.1) is 13.2 Å². The van der Waals surface area contributed by atoms with E-state index in [4.69, 9.17) is 0 Å². The van der Waals surface area contributed by atoms with Gasteiger partial charge < -0.3 is 0 Å². The lowest BCUT2D eigenvalue weighted by molar-refractivity contribution is 0.240. The van der Waals surface area contributed by atoms with E-state index in [1.807, 2.05) is 0 Å². The number of nitrogens with zero attached hydrogens (tertiary/aromatic N) is 1. The molecular weight excluding hydrogens is 194 g/mol. The van der Waals surface area contributed by atoms with Crippen molar-refractivity contribution in [2.75, 3.05) is 0 Å². The molecule has 2 atom stereocenters. The van der Waals surface area contributed by atoms with Crippen LogP contribution in [0, 0.1) is 0 Å². The minimum absolute atomic E-state index is 0.503. The number of hydrogen-bond acceptors (Lipinski definition) is 1. The summed E-state index contributed by atoms with van der Waals surface area (Å²) in [4.78, 5) is 2.48. The third-order valence-electron chi connectivity index (χ3n) is 3.36. The van der Waals surface area contributed by atoms with Crippen LogP contribution >= 0.6 is 0 Å². The molecule has 0 N–H and O–H groups in total. The molecule has 1 aromatic rings. The van der Waals surface area contributed by atoms with Crippen LogP contribution in [0.3, 0.4) is 0 Å². The fraction of sp³-hybridized carbons (Fsp3) is 0.333. The van der Waals surface area contributed by atoms with Gasteiger partial charge in [0.2, 0.25) is 0 Å². The van der Waals surface area contributed by atoms with Crippen molar-refractivity contribution in [3.05, 3.63) is 61.2 Å². The molecule has 2 rings (SSSR count). The van der Waals surface area contributed by atoms with Gasteiger partial charge in [-0.25, -0.2) is 0 Å². The van der Waals surface area contributed by atoms with Gasteiger partial charge >= 0.3 is 0 Å². The molecule has 0 aliphatic carbocycles. The average Bonchev–Trinajstić information content (AvgIpc) is 2.72. The van der Waals surface area contributed by atoms with Crippen LogP contribution in [0.2, 0.25) is 0 Å². The highest BCUT2D eigenvalue weighted by molar-refractivity contribution is 5.16. The quantitative estimate of drug-likeness (QED) is 0.693. The summed E-state index contributed by atoms with van der Waals surface area (Å²) < 4.78 is 0. The first-order valence-corrected chi connectivity index (χ1v) is 5.90. The minimum Gasteiger partial charge on any atom is -0.286 e. The highest BCUT2D eigenvalue weighted by Gasteiger charge is 2.29. The van der Waals surface area contributed by atoms with Crippen molar-refractivity contribution in [3.63, 3.8) is 0 Å². The summed E-state index contributed by atoms with van der Waals surface area (Å²) in [5.74, 6) is 0. The third-order valence-corrected chi connectivity index (χ3v) is 3.36. The first-order chi connectivity index (χ1) is 7.85. The summed E-state index contributed by atoms with van der Waals surface area (Å²) >= 11 is 0. The average molecular weight is 213 g/mol. The maximum absolute atomic E-state index is 3.93. The Kier molecular flexibility index (Phi) is 3.58. The Balaban J connectivity index is 2.11. The molecule has 0 radical (unpaired) electrons. The standard InChI is InChI=1S/C15H19N/c1-3-14-10-11-15(4-2)16(14)12-13-8-6-5-7-9-13/h3-9,14-15H,1-2,10-12H2. The normalized spacial score (nSPS) is 25.5. The molecule has 16 heavy (non-hydrogen) atoms. The zero-order chi connectivity index (χ0) is 11.4. The Morgan fingerprint density at radius 3 is 2.12 bits per heavy atom. The van der Waals surface area contributed by atoms with Crippen LogP contribution in [-0.2, 0) is 6.54 Å². The highest BCUT2D eigenvalue weighted by Crippen LogP contribution is 2.27. The predicted molar refractivity (Wildman–Crippen MR) is 69.2 cm³/mol. The molecule has 0 saturated carbocycles. The molecule has 0 aromatic heterocycles. The highest BCUT2D eigenvalue weighted by atomic mass is 15.2. The van der Waals surface area contributed by atoms with Gasteiger partial charge in [-0.2, -0.15) is 0 Å². The molecule has 1 heteroatoms. The second kappa shape index (κ2) is 5.13. The van der Waals surface area contributed by atoms with E-state index >= 15 is 0 Å². The zero-order valence-electron chi connectivity index (χ0n) is 9.68. The van der Waals surface area contributed by atoms with E-state index in [-0.39, 0.29) is 0 Å². The fourth-order valence-electron chi connectivity index (χ4n) is 2.45. The van der Waals surface area contributed by atoms with E-state index in [2.05, 4.69) is 60.5 Å². The van der Waals surface area contributed by atoms with Crippen LogP contribution in [0.1, 0.15) is 18.4 Å². The minimum atomic E-state index is 0.503. The molecule has 1 aliphatic heterocycles. The summed E-state index contributed by atoms with van der Waals surface area (Å²) in [5, 5.41) is 0. The Bertz CT molecular complexity index is 339. The fourth-order valence-corrected chi connectivity index (χ4v) is 2.45. The smallest absolute Gasteiger partial charge is 0.0285 e. The van der Waals surface area contributed by atoms with Crippen molar-refractivity contribution in [2.45, 2.75) is 31.5 Å². The van der Waals surface area contributed by atoms with Crippen molar-refractivity contribution in [2.24, 2.45) is 0 Å². The molecular formula is C15H19N. The number of likely N-dealkylation sites (tertiary alicyclic amines) is 1. The zero-order valence-corrected chi connectivity index (χ0v) is 9.68. The van der Waals surface area contributed by atoms with E-state index in [0.717, 1.165) is 6.54 Å². The van der Waals surface area contributed by atoms with Gasteiger partial charge in [0.25, 0.3) is 0 Å². The molecule has 1 fully saturated rings. The number of hydrogen-bond donors (Lipinski definition) is 0. The molecule has 0 bridgehead atoms. The van der Waals surface area contributed by atoms with Crippen LogP contribution in [0.4, 0.5) is 0 Å². The van der Waals surface area contributed by atoms with Gasteiger partial charge in [0.1, 0.15) is 0 Å². The van der Waals surface area contributed by atoms with E-state index in [0.29, 0.717) is 12.1 Å². The lowest BCUT2D eigenvalue weighted by Gasteiger charge is -2.26.